The molecule has 1 aliphatic heterocycles. The van der Waals surface area contributed by atoms with E-state index in [-0.39, 0.29) is 17.2 Å². The number of fused-ring (bicyclic) bond motifs is 1. The van der Waals surface area contributed by atoms with Crippen LogP contribution >= 0.6 is 23.5 Å². The van der Waals surface area contributed by atoms with Gasteiger partial charge < -0.3 is 5.32 Å². The summed E-state index contributed by atoms with van der Waals surface area (Å²) in [7, 11) is 0. The summed E-state index contributed by atoms with van der Waals surface area (Å²) in [5.41, 5.74) is 3.87. The Kier molecular flexibility index (Phi) is 6.58. The number of aryl methyl sites for hydroxylation is 2. The molecule has 1 fully saturated rings. The molecule has 5 nitrogen and oxygen atoms in total. The van der Waals surface area contributed by atoms with Gasteiger partial charge in [-0.3, -0.25) is 14.2 Å². The molecule has 2 aromatic rings. The van der Waals surface area contributed by atoms with Gasteiger partial charge in [0.05, 0.1) is 22.0 Å². The van der Waals surface area contributed by atoms with E-state index in [1.54, 1.807) is 16.3 Å². The maximum absolute atomic E-state index is 13.4. The maximum Gasteiger partial charge on any atom is 0.272 e. The first-order valence-electron chi connectivity index (χ1n) is 10.7. The van der Waals surface area contributed by atoms with Crippen molar-refractivity contribution in [1.29, 1.82) is 0 Å². The van der Waals surface area contributed by atoms with Crippen LogP contribution in [0.15, 0.2) is 33.0 Å². The fraction of sp³-hybridized carbons (Fsp3) is 0.522. The number of rotatable bonds is 5. The summed E-state index contributed by atoms with van der Waals surface area (Å²) in [5, 5.41) is 4.12. The van der Waals surface area contributed by atoms with Crippen molar-refractivity contribution in [2.24, 2.45) is 0 Å². The Labute approximate surface area is 186 Å². The summed E-state index contributed by atoms with van der Waals surface area (Å²) >= 11 is 2.97. The predicted octanol–water partition coefficient (Wildman–Crippen LogP) is 4.43. The van der Waals surface area contributed by atoms with Crippen LogP contribution < -0.4 is 10.9 Å². The van der Waals surface area contributed by atoms with E-state index in [4.69, 9.17) is 4.98 Å². The smallest absolute Gasteiger partial charge is 0.272 e. The van der Waals surface area contributed by atoms with Gasteiger partial charge in [-0.2, -0.15) is 0 Å². The number of hydrogen-bond acceptors (Lipinski definition) is 5. The van der Waals surface area contributed by atoms with Gasteiger partial charge in [0, 0.05) is 17.7 Å². The molecule has 1 saturated carbocycles. The zero-order valence-electron chi connectivity index (χ0n) is 17.9. The third-order valence-corrected chi connectivity index (χ3v) is 7.80. The Hall–Kier alpha value is -1.73. The zero-order chi connectivity index (χ0) is 21.3. The molecule has 0 radical (unpaired) electrons. The molecule has 30 heavy (non-hydrogen) atoms. The number of thioether (sulfide) groups is 2. The number of carbonyl (C=O) groups is 1. The number of benzene rings is 1. The minimum atomic E-state index is -0.0189. The Morgan fingerprint density at radius 3 is 2.60 bits per heavy atom. The van der Waals surface area contributed by atoms with Crippen molar-refractivity contribution in [3.05, 3.63) is 45.4 Å². The van der Waals surface area contributed by atoms with Crippen molar-refractivity contribution >= 4 is 29.4 Å². The number of nitrogens with zero attached hydrogens (tertiary/aromatic N) is 2. The van der Waals surface area contributed by atoms with Crippen LogP contribution in [0.3, 0.4) is 0 Å². The lowest BCUT2D eigenvalue weighted by atomic mass is 9.95. The first-order chi connectivity index (χ1) is 14.4. The van der Waals surface area contributed by atoms with E-state index in [1.165, 1.54) is 31.0 Å². The number of aromatic nitrogens is 2. The van der Waals surface area contributed by atoms with Crippen LogP contribution in [-0.4, -0.2) is 32.5 Å². The van der Waals surface area contributed by atoms with Crippen molar-refractivity contribution in [3.63, 3.8) is 0 Å². The number of amides is 1. The molecule has 2 heterocycles. The first kappa shape index (κ1) is 21.5. The van der Waals surface area contributed by atoms with Gasteiger partial charge in [0.1, 0.15) is 0 Å². The van der Waals surface area contributed by atoms with Crippen molar-refractivity contribution in [2.75, 3.05) is 5.75 Å². The fourth-order valence-corrected chi connectivity index (χ4v) is 6.29. The topological polar surface area (TPSA) is 64.0 Å². The van der Waals surface area contributed by atoms with Crippen LogP contribution in [-0.2, 0) is 11.2 Å². The van der Waals surface area contributed by atoms with Crippen molar-refractivity contribution in [2.45, 2.75) is 80.6 Å². The number of carbonyl (C=O) groups excluding carboxylic acids is 1. The Morgan fingerprint density at radius 1 is 1.20 bits per heavy atom. The highest BCUT2D eigenvalue weighted by atomic mass is 32.2. The van der Waals surface area contributed by atoms with Gasteiger partial charge in [0.2, 0.25) is 5.91 Å². The molecule has 0 saturated heterocycles. The molecule has 4 rings (SSSR count). The second-order valence-electron chi connectivity index (χ2n) is 8.48. The molecule has 0 bridgehead atoms. The minimum absolute atomic E-state index is 0.0189. The highest BCUT2D eigenvalue weighted by Crippen LogP contribution is 2.35. The van der Waals surface area contributed by atoms with Crippen LogP contribution in [0.5, 0.6) is 0 Å². The monoisotopic (exact) mass is 443 g/mol. The minimum Gasteiger partial charge on any atom is -0.353 e. The second kappa shape index (κ2) is 9.18. The van der Waals surface area contributed by atoms with Gasteiger partial charge >= 0.3 is 0 Å². The molecule has 0 spiro atoms. The molecule has 1 aliphatic carbocycles. The summed E-state index contributed by atoms with van der Waals surface area (Å²) in [6.45, 7) is 6.19. The van der Waals surface area contributed by atoms with E-state index in [0.29, 0.717) is 16.4 Å². The molecule has 1 aromatic carbocycles. The molecule has 1 unspecified atom stereocenters. The lowest BCUT2D eigenvalue weighted by Crippen LogP contribution is -2.37. The molecule has 1 aromatic heterocycles. The molecular formula is C23H29N3O2S2. The normalized spacial score (nSPS) is 19.0. The van der Waals surface area contributed by atoms with E-state index in [0.717, 1.165) is 46.7 Å². The summed E-state index contributed by atoms with van der Waals surface area (Å²) in [6, 6.07) is 6.41. The summed E-state index contributed by atoms with van der Waals surface area (Å²) in [5.74, 6) is 0.297. The van der Waals surface area contributed by atoms with Crippen molar-refractivity contribution in [1.82, 2.24) is 14.9 Å². The lowest BCUT2D eigenvalue weighted by Gasteiger charge is -2.22. The SMILES string of the molecule is Cc1cc(C)cc(-n2c(SCC(=O)NC3CCCCC3)nc3c(c2=O)SC(C)C3)c1. The zero-order valence-corrected chi connectivity index (χ0v) is 19.5. The molecule has 1 N–H and O–H groups in total. The maximum atomic E-state index is 13.4. The predicted molar refractivity (Wildman–Crippen MR) is 124 cm³/mol. The van der Waals surface area contributed by atoms with Crippen molar-refractivity contribution < 1.29 is 4.79 Å². The van der Waals surface area contributed by atoms with Gasteiger partial charge in [-0.25, -0.2) is 4.98 Å². The quantitative estimate of drug-likeness (QED) is 0.547. The largest absolute Gasteiger partial charge is 0.353 e. The average Bonchev–Trinajstić information content (AvgIpc) is 3.07. The average molecular weight is 444 g/mol. The van der Waals surface area contributed by atoms with E-state index in [9.17, 15) is 9.59 Å². The van der Waals surface area contributed by atoms with Crippen LogP contribution in [0.4, 0.5) is 0 Å². The highest BCUT2D eigenvalue weighted by molar-refractivity contribution is 8.00. The molecule has 1 atom stereocenters. The Balaban J connectivity index is 1.63. The summed E-state index contributed by atoms with van der Waals surface area (Å²) in [4.78, 5) is 31.6. The number of hydrogen-bond donors (Lipinski definition) is 1. The summed E-state index contributed by atoms with van der Waals surface area (Å²) in [6.07, 6.45) is 6.56. The first-order valence-corrected chi connectivity index (χ1v) is 12.6. The van der Waals surface area contributed by atoms with E-state index < -0.39 is 0 Å². The van der Waals surface area contributed by atoms with Crippen LogP contribution in [0.2, 0.25) is 0 Å². The third-order valence-electron chi connectivity index (χ3n) is 5.65. The number of nitrogens with one attached hydrogen (secondary N) is 1. The highest BCUT2D eigenvalue weighted by Gasteiger charge is 2.27. The summed E-state index contributed by atoms with van der Waals surface area (Å²) < 4.78 is 1.70. The van der Waals surface area contributed by atoms with Crippen LogP contribution in [0, 0.1) is 13.8 Å². The fourth-order valence-electron chi connectivity index (χ4n) is 4.35. The van der Waals surface area contributed by atoms with Gasteiger partial charge in [-0.1, -0.05) is 44.0 Å². The van der Waals surface area contributed by atoms with Crippen LogP contribution in [0.25, 0.3) is 5.69 Å². The second-order valence-corrected chi connectivity index (χ2v) is 10.9. The Morgan fingerprint density at radius 2 is 1.90 bits per heavy atom. The van der Waals surface area contributed by atoms with E-state index in [2.05, 4.69) is 18.3 Å². The van der Waals surface area contributed by atoms with Crippen LogP contribution in [0.1, 0.15) is 55.8 Å². The molecule has 1 amide bonds. The lowest BCUT2D eigenvalue weighted by molar-refractivity contribution is -0.119. The van der Waals surface area contributed by atoms with Gasteiger partial charge in [0.15, 0.2) is 5.16 Å². The van der Waals surface area contributed by atoms with Gasteiger partial charge in [0.25, 0.3) is 5.56 Å². The molecule has 7 heteroatoms. The third kappa shape index (κ3) is 4.78. The molecule has 2 aliphatic rings. The van der Waals surface area contributed by atoms with Gasteiger partial charge in [-0.05, 0) is 49.9 Å². The van der Waals surface area contributed by atoms with Gasteiger partial charge in [-0.15, -0.1) is 11.8 Å². The molecular weight excluding hydrogens is 414 g/mol. The van der Waals surface area contributed by atoms with Crippen molar-refractivity contribution in [3.8, 4) is 5.69 Å². The Bertz CT molecular complexity index is 992. The van der Waals surface area contributed by atoms with E-state index >= 15 is 0 Å². The standard InChI is InChI=1S/C23H29N3O2S2/c1-14-9-15(2)11-18(10-14)26-22(28)21-19(12-16(3)30-21)25-23(26)29-13-20(27)24-17-7-5-4-6-8-17/h9-11,16-17H,4-8,12-13H2,1-3H3,(H,24,27). The van der Waals surface area contributed by atoms with E-state index in [1.807, 2.05) is 26.0 Å². The molecule has 160 valence electrons.